The van der Waals surface area contributed by atoms with E-state index in [-0.39, 0.29) is 33.3 Å². The summed E-state index contributed by atoms with van der Waals surface area (Å²) in [6.07, 6.45) is 0. The van der Waals surface area contributed by atoms with Crippen molar-refractivity contribution in [1.82, 2.24) is 9.78 Å². The van der Waals surface area contributed by atoms with Gasteiger partial charge in [-0.05, 0) is 37.3 Å². The molecule has 32 heavy (non-hydrogen) atoms. The lowest BCUT2D eigenvalue weighted by Crippen LogP contribution is -2.25. The highest BCUT2D eigenvalue weighted by atomic mass is 35.5. The van der Waals surface area contributed by atoms with E-state index in [4.69, 9.17) is 27.9 Å². The van der Waals surface area contributed by atoms with Crippen molar-refractivity contribution < 1.29 is 14.3 Å². The first-order chi connectivity index (χ1) is 15.4. The molecule has 7 nitrogen and oxygen atoms in total. The minimum atomic E-state index is -0.668. The van der Waals surface area contributed by atoms with E-state index >= 15 is 0 Å². The second kappa shape index (κ2) is 9.12. The number of halogens is 2. The molecule has 1 N–H and O–H groups in total. The number of amides is 1. The molecule has 0 atom stereocenters. The molecule has 1 amide bonds. The van der Waals surface area contributed by atoms with Gasteiger partial charge in [-0.3, -0.25) is 9.59 Å². The molecular weight excluding hydrogens is 473 g/mol. The molecule has 0 spiro atoms. The number of nitrogens with zero attached hydrogens (tertiary/aromatic N) is 2. The van der Waals surface area contributed by atoms with Gasteiger partial charge in [0.05, 0.1) is 28.3 Å². The number of ether oxygens (including phenoxy) is 1. The van der Waals surface area contributed by atoms with Gasteiger partial charge in [0.25, 0.3) is 11.5 Å². The molecule has 0 unspecified atom stereocenters. The number of nitrogens with one attached hydrogen (secondary N) is 1. The van der Waals surface area contributed by atoms with E-state index in [2.05, 4.69) is 10.4 Å². The summed E-state index contributed by atoms with van der Waals surface area (Å²) in [5.41, 5.74) is 0.152. The second-order valence-corrected chi connectivity index (χ2v) is 8.28. The van der Waals surface area contributed by atoms with Gasteiger partial charge in [0.2, 0.25) is 0 Å². The first-order valence-electron chi connectivity index (χ1n) is 9.44. The van der Waals surface area contributed by atoms with Gasteiger partial charge >= 0.3 is 5.97 Å². The number of hydrogen-bond acceptors (Lipinski definition) is 6. The molecule has 0 aliphatic rings. The third-order valence-corrected chi connectivity index (χ3v) is 5.97. The Hall–Kier alpha value is -3.20. The Bertz CT molecular complexity index is 1400. The van der Waals surface area contributed by atoms with Crippen molar-refractivity contribution in [2.75, 3.05) is 11.9 Å². The maximum Gasteiger partial charge on any atom is 0.359 e. The number of fused-ring (bicyclic) bond motifs is 1. The maximum atomic E-state index is 13.3. The number of anilines is 1. The van der Waals surface area contributed by atoms with Crippen LogP contribution in [0.4, 0.5) is 5.00 Å². The molecule has 0 saturated heterocycles. The van der Waals surface area contributed by atoms with Gasteiger partial charge in [0.15, 0.2) is 5.69 Å². The lowest BCUT2D eigenvalue weighted by molar-refractivity contribution is 0.0520. The first-order valence-corrected chi connectivity index (χ1v) is 11.1. The van der Waals surface area contributed by atoms with Crippen molar-refractivity contribution >= 4 is 62.2 Å². The molecule has 0 aliphatic heterocycles. The van der Waals surface area contributed by atoms with E-state index in [1.165, 1.54) is 12.1 Å². The second-order valence-electron chi connectivity index (χ2n) is 6.55. The number of carbonyl (C=O) groups is 2. The van der Waals surface area contributed by atoms with Crippen LogP contribution in [0.1, 0.15) is 27.8 Å². The van der Waals surface area contributed by atoms with Crippen molar-refractivity contribution in [2.24, 2.45) is 0 Å². The summed E-state index contributed by atoms with van der Waals surface area (Å²) in [4.78, 5) is 38.7. The number of rotatable bonds is 5. The number of carbonyl (C=O) groups excluding carboxylic acids is 2. The summed E-state index contributed by atoms with van der Waals surface area (Å²) in [6, 6.07) is 13.2. The highest BCUT2D eigenvalue weighted by Crippen LogP contribution is 2.32. The zero-order chi connectivity index (χ0) is 22.8. The summed E-state index contributed by atoms with van der Waals surface area (Å²) < 4.78 is 6.24. The van der Waals surface area contributed by atoms with Crippen LogP contribution in [0.5, 0.6) is 0 Å². The predicted octanol–water partition coefficient (Wildman–Crippen LogP) is 5.18. The van der Waals surface area contributed by atoms with Crippen LogP contribution in [0.3, 0.4) is 0 Å². The Labute approximate surface area is 196 Å². The predicted molar refractivity (Wildman–Crippen MR) is 126 cm³/mol. The van der Waals surface area contributed by atoms with E-state index in [1.807, 2.05) is 0 Å². The molecule has 2 aromatic heterocycles. The van der Waals surface area contributed by atoms with E-state index < -0.39 is 17.4 Å². The average molecular weight is 488 g/mol. The number of benzene rings is 2. The Morgan fingerprint density at radius 2 is 1.91 bits per heavy atom. The quantitative estimate of drug-likeness (QED) is 0.391. The van der Waals surface area contributed by atoms with Crippen molar-refractivity contribution in [1.29, 1.82) is 0 Å². The zero-order valence-corrected chi connectivity index (χ0v) is 18.9. The normalized spacial score (nSPS) is 10.8. The molecule has 0 bridgehead atoms. The lowest BCUT2D eigenvalue weighted by Gasteiger charge is -2.10. The number of para-hydroxylation sites is 1. The summed E-state index contributed by atoms with van der Waals surface area (Å²) in [5.74, 6) is -1.19. The largest absolute Gasteiger partial charge is 0.461 e. The topological polar surface area (TPSA) is 90.3 Å². The molecule has 0 aliphatic carbocycles. The summed E-state index contributed by atoms with van der Waals surface area (Å²) in [7, 11) is 0. The minimum Gasteiger partial charge on any atom is -0.461 e. The van der Waals surface area contributed by atoms with Crippen LogP contribution < -0.4 is 10.9 Å². The number of hydrogen-bond donors (Lipinski definition) is 1. The van der Waals surface area contributed by atoms with Gasteiger partial charge < -0.3 is 10.1 Å². The highest BCUT2D eigenvalue weighted by molar-refractivity contribution is 7.16. The molecule has 2 heterocycles. The van der Waals surface area contributed by atoms with E-state index in [9.17, 15) is 14.4 Å². The Balaban J connectivity index is 1.87. The Kier molecular flexibility index (Phi) is 6.27. The maximum absolute atomic E-state index is 13.3. The fraction of sp³-hybridized carbons (Fsp3) is 0.0909. The lowest BCUT2D eigenvalue weighted by atomic mass is 10.2. The third kappa shape index (κ3) is 4.12. The molecule has 10 heteroatoms. The molecule has 4 aromatic rings. The van der Waals surface area contributed by atoms with Crippen LogP contribution in [-0.2, 0) is 4.74 Å². The zero-order valence-electron chi connectivity index (χ0n) is 16.6. The molecule has 0 saturated carbocycles. The SMILES string of the molecule is CCOC(=O)c1nn(-c2ccccc2)c(=O)c2c(NC(=O)c3ccc(Cl)cc3Cl)scc12. The van der Waals surface area contributed by atoms with E-state index in [0.717, 1.165) is 16.0 Å². The molecular formula is C22H15Cl2N3O4S. The molecule has 2 aromatic carbocycles. The number of esters is 1. The summed E-state index contributed by atoms with van der Waals surface area (Å²) in [5, 5.41) is 9.83. The van der Waals surface area contributed by atoms with Crippen molar-refractivity contribution in [3.63, 3.8) is 0 Å². The number of thiophene rings is 1. The minimum absolute atomic E-state index is 0.0217. The van der Waals surface area contributed by atoms with Gasteiger partial charge in [-0.15, -0.1) is 11.3 Å². The van der Waals surface area contributed by atoms with Gasteiger partial charge in [-0.2, -0.15) is 9.78 Å². The molecule has 4 rings (SSSR count). The monoisotopic (exact) mass is 487 g/mol. The molecule has 0 radical (unpaired) electrons. The summed E-state index contributed by atoms with van der Waals surface area (Å²) in [6.45, 7) is 1.83. The van der Waals surface area contributed by atoms with E-state index in [0.29, 0.717) is 16.1 Å². The van der Waals surface area contributed by atoms with Crippen LogP contribution in [0.2, 0.25) is 10.0 Å². The van der Waals surface area contributed by atoms with Crippen molar-refractivity contribution in [3.8, 4) is 5.69 Å². The van der Waals surface area contributed by atoms with Gasteiger partial charge in [0.1, 0.15) is 5.00 Å². The van der Waals surface area contributed by atoms with Crippen LogP contribution in [0, 0.1) is 0 Å². The Morgan fingerprint density at radius 1 is 1.16 bits per heavy atom. The first kappa shape index (κ1) is 22.0. The number of aromatic nitrogens is 2. The van der Waals surface area contributed by atoms with Crippen molar-refractivity contribution in [3.05, 3.63) is 85.6 Å². The van der Waals surface area contributed by atoms with Crippen LogP contribution in [0.25, 0.3) is 16.5 Å². The van der Waals surface area contributed by atoms with Gasteiger partial charge in [-0.1, -0.05) is 41.4 Å². The highest BCUT2D eigenvalue weighted by Gasteiger charge is 2.23. The fourth-order valence-corrected chi connectivity index (χ4v) is 4.51. The molecule has 0 fully saturated rings. The third-order valence-electron chi connectivity index (χ3n) is 4.52. The fourth-order valence-electron chi connectivity index (χ4n) is 3.08. The van der Waals surface area contributed by atoms with Crippen molar-refractivity contribution in [2.45, 2.75) is 6.92 Å². The molecule has 162 valence electrons. The van der Waals surface area contributed by atoms with Crippen LogP contribution in [-0.4, -0.2) is 28.3 Å². The standard InChI is InChI=1S/C22H15Cl2N3O4S/c1-2-31-22(30)18-15-11-32-20(25-19(28)14-9-8-12(23)10-16(14)24)17(15)21(29)27(26-18)13-6-4-3-5-7-13/h3-11H,2H2,1H3,(H,25,28). The van der Waals surface area contributed by atoms with Gasteiger partial charge in [0, 0.05) is 15.8 Å². The summed E-state index contributed by atoms with van der Waals surface area (Å²) >= 11 is 13.1. The van der Waals surface area contributed by atoms with E-state index in [1.54, 1.807) is 48.7 Å². The van der Waals surface area contributed by atoms with Gasteiger partial charge in [-0.25, -0.2) is 4.79 Å². The van der Waals surface area contributed by atoms with Crippen LogP contribution in [0.15, 0.2) is 58.7 Å². The Morgan fingerprint density at radius 3 is 2.59 bits per heavy atom. The van der Waals surface area contributed by atoms with Crippen LogP contribution >= 0.6 is 34.5 Å². The average Bonchev–Trinajstić information content (AvgIpc) is 3.18. The smallest absolute Gasteiger partial charge is 0.359 e.